The van der Waals surface area contributed by atoms with Gasteiger partial charge in [0.15, 0.2) is 5.78 Å². The number of nitrogens with two attached hydrogens (primary N) is 1. The summed E-state index contributed by atoms with van der Waals surface area (Å²) in [6.45, 7) is 2.87. The molecule has 0 aromatic heterocycles. The molecular formula is C17H25NO. The first-order valence-electron chi connectivity index (χ1n) is 7.59. The fourth-order valence-corrected chi connectivity index (χ4v) is 3.26. The van der Waals surface area contributed by atoms with Crippen molar-refractivity contribution in [1.29, 1.82) is 0 Å². The molecule has 2 heteroatoms. The van der Waals surface area contributed by atoms with E-state index in [1.807, 2.05) is 24.3 Å². The Morgan fingerprint density at radius 3 is 2.53 bits per heavy atom. The smallest absolute Gasteiger partial charge is 0.166 e. The summed E-state index contributed by atoms with van der Waals surface area (Å²) in [6, 6.07) is 8.05. The Morgan fingerprint density at radius 2 is 1.89 bits per heavy atom. The highest BCUT2D eigenvalue weighted by Gasteiger charge is 2.30. The van der Waals surface area contributed by atoms with Crippen LogP contribution in [0.1, 0.15) is 54.9 Å². The van der Waals surface area contributed by atoms with E-state index in [1.54, 1.807) is 0 Å². The van der Waals surface area contributed by atoms with Gasteiger partial charge in [-0.25, -0.2) is 0 Å². The van der Waals surface area contributed by atoms with E-state index in [2.05, 4.69) is 6.92 Å². The van der Waals surface area contributed by atoms with Crippen LogP contribution in [0.4, 0.5) is 0 Å². The third kappa shape index (κ3) is 3.44. The van der Waals surface area contributed by atoms with Gasteiger partial charge in [0, 0.05) is 11.5 Å². The summed E-state index contributed by atoms with van der Waals surface area (Å²) >= 11 is 0. The number of carbonyl (C=O) groups is 1. The molecule has 19 heavy (non-hydrogen) atoms. The maximum atomic E-state index is 12.6. The van der Waals surface area contributed by atoms with E-state index in [-0.39, 0.29) is 5.92 Å². The third-order valence-electron chi connectivity index (χ3n) is 4.44. The van der Waals surface area contributed by atoms with Gasteiger partial charge in [-0.2, -0.15) is 0 Å². The predicted molar refractivity (Wildman–Crippen MR) is 79.3 cm³/mol. The van der Waals surface area contributed by atoms with Crippen molar-refractivity contribution in [2.75, 3.05) is 6.54 Å². The summed E-state index contributed by atoms with van der Waals surface area (Å²) in [5, 5.41) is 0. The summed E-state index contributed by atoms with van der Waals surface area (Å²) in [7, 11) is 0. The van der Waals surface area contributed by atoms with E-state index in [0.29, 0.717) is 18.2 Å². The van der Waals surface area contributed by atoms with Gasteiger partial charge >= 0.3 is 0 Å². The summed E-state index contributed by atoms with van der Waals surface area (Å²) in [5.41, 5.74) is 7.64. The number of carbonyl (C=O) groups excluding carboxylic acids is 1. The Balaban J connectivity index is 2.09. The molecule has 1 aromatic rings. The SMILES string of the molecule is CCC1CCCCC1C(=O)c1ccc(CCN)cc1. The van der Waals surface area contributed by atoms with Crippen molar-refractivity contribution in [2.45, 2.75) is 45.4 Å². The van der Waals surface area contributed by atoms with Gasteiger partial charge in [0.1, 0.15) is 0 Å². The first kappa shape index (κ1) is 14.3. The molecule has 0 heterocycles. The zero-order valence-electron chi connectivity index (χ0n) is 11.9. The Bertz CT molecular complexity index is 410. The van der Waals surface area contributed by atoms with Crippen LogP contribution in [0.5, 0.6) is 0 Å². The van der Waals surface area contributed by atoms with Gasteiger partial charge in [-0.15, -0.1) is 0 Å². The molecule has 1 aromatic carbocycles. The van der Waals surface area contributed by atoms with E-state index in [4.69, 9.17) is 5.73 Å². The zero-order chi connectivity index (χ0) is 13.7. The Hall–Kier alpha value is -1.15. The van der Waals surface area contributed by atoms with Crippen LogP contribution in [0.25, 0.3) is 0 Å². The molecule has 2 atom stereocenters. The summed E-state index contributed by atoms with van der Waals surface area (Å²) in [4.78, 5) is 12.6. The highest BCUT2D eigenvalue weighted by molar-refractivity contribution is 5.98. The number of Topliss-reactive ketones (excluding diaryl/α,β-unsaturated/α-hetero) is 1. The molecule has 2 nitrogen and oxygen atoms in total. The van der Waals surface area contributed by atoms with Gasteiger partial charge in [-0.3, -0.25) is 4.79 Å². The maximum Gasteiger partial charge on any atom is 0.166 e. The number of benzene rings is 1. The van der Waals surface area contributed by atoms with Crippen LogP contribution in [0.2, 0.25) is 0 Å². The molecular weight excluding hydrogens is 234 g/mol. The van der Waals surface area contributed by atoms with Crippen molar-refractivity contribution >= 4 is 5.78 Å². The topological polar surface area (TPSA) is 43.1 Å². The predicted octanol–water partition coefficient (Wildman–Crippen LogP) is 3.59. The molecule has 0 spiro atoms. The Labute approximate surface area is 116 Å². The maximum absolute atomic E-state index is 12.6. The molecule has 2 unspecified atom stereocenters. The van der Waals surface area contributed by atoms with Crippen LogP contribution in [0, 0.1) is 11.8 Å². The Kier molecular flexibility index (Phi) is 5.15. The zero-order valence-corrected chi connectivity index (χ0v) is 11.9. The van der Waals surface area contributed by atoms with Gasteiger partial charge in [-0.05, 0) is 37.3 Å². The van der Waals surface area contributed by atoms with Gasteiger partial charge in [0.25, 0.3) is 0 Å². The summed E-state index contributed by atoms with van der Waals surface area (Å²) in [6.07, 6.45) is 6.80. The largest absolute Gasteiger partial charge is 0.330 e. The van der Waals surface area contributed by atoms with Crippen molar-refractivity contribution in [3.05, 3.63) is 35.4 Å². The summed E-state index contributed by atoms with van der Waals surface area (Å²) < 4.78 is 0. The lowest BCUT2D eigenvalue weighted by Gasteiger charge is -2.29. The first-order valence-corrected chi connectivity index (χ1v) is 7.59. The van der Waals surface area contributed by atoms with E-state index in [9.17, 15) is 4.79 Å². The molecule has 104 valence electrons. The van der Waals surface area contributed by atoms with E-state index in [1.165, 1.54) is 24.8 Å². The molecule has 0 saturated heterocycles. The molecule has 1 aliphatic carbocycles. The van der Waals surface area contributed by atoms with Crippen LogP contribution in [0.3, 0.4) is 0 Å². The minimum Gasteiger partial charge on any atom is -0.330 e. The van der Waals surface area contributed by atoms with Crippen molar-refractivity contribution < 1.29 is 4.79 Å². The lowest BCUT2D eigenvalue weighted by atomic mass is 9.74. The van der Waals surface area contributed by atoms with E-state index < -0.39 is 0 Å². The molecule has 1 fully saturated rings. The van der Waals surface area contributed by atoms with Crippen LogP contribution < -0.4 is 5.73 Å². The van der Waals surface area contributed by atoms with Crippen LogP contribution in [-0.2, 0) is 6.42 Å². The number of hydrogen-bond acceptors (Lipinski definition) is 2. The van der Waals surface area contributed by atoms with Crippen molar-refractivity contribution in [1.82, 2.24) is 0 Å². The standard InChI is InChI=1S/C17H25NO/c1-2-14-5-3-4-6-16(14)17(19)15-9-7-13(8-10-15)11-12-18/h7-10,14,16H,2-6,11-12,18H2,1H3. The highest BCUT2D eigenvalue weighted by Crippen LogP contribution is 2.34. The number of hydrogen-bond donors (Lipinski definition) is 1. The van der Waals surface area contributed by atoms with Crippen molar-refractivity contribution in [3.63, 3.8) is 0 Å². The van der Waals surface area contributed by atoms with Crippen molar-refractivity contribution in [3.8, 4) is 0 Å². The number of ketones is 1. The minimum atomic E-state index is 0.249. The van der Waals surface area contributed by atoms with Gasteiger partial charge in [-0.1, -0.05) is 50.5 Å². The number of rotatable bonds is 5. The second-order valence-corrected chi connectivity index (χ2v) is 5.66. The highest BCUT2D eigenvalue weighted by atomic mass is 16.1. The second kappa shape index (κ2) is 6.85. The fraction of sp³-hybridized carbons (Fsp3) is 0.588. The normalized spacial score (nSPS) is 23.3. The molecule has 2 N–H and O–H groups in total. The fourth-order valence-electron chi connectivity index (χ4n) is 3.26. The monoisotopic (exact) mass is 259 g/mol. The second-order valence-electron chi connectivity index (χ2n) is 5.66. The van der Waals surface area contributed by atoms with E-state index >= 15 is 0 Å². The lowest BCUT2D eigenvalue weighted by Crippen LogP contribution is -2.27. The molecule has 0 radical (unpaired) electrons. The van der Waals surface area contributed by atoms with Crippen LogP contribution >= 0.6 is 0 Å². The van der Waals surface area contributed by atoms with Crippen LogP contribution in [0.15, 0.2) is 24.3 Å². The molecule has 0 bridgehead atoms. The minimum absolute atomic E-state index is 0.249. The molecule has 2 rings (SSSR count). The average molecular weight is 259 g/mol. The van der Waals surface area contributed by atoms with Gasteiger partial charge in [0.05, 0.1) is 0 Å². The molecule has 0 aliphatic heterocycles. The summed E-state index contributed by atoms with van der Waals surface area (Å²) in [5.74, 6) is 1.19. The van der Waals surface area contributed by atoms with E-state index in [0.717, 1.165) is 24.8 Å². The van der Waals surface area contributed by atoms with Gasteiger partial charge in [0.2, 0.25) is 0 Å². The Morgan fingerprint density at radius 1 is 1.21 bits per heavy atom. The third-order valence-corrected chi connectivity index (χ3v) is 4.44. The van der Waals surface area contributed by atoms with Gasteiger partial charge < -0.3 is 5.73 Å². The van der Waals surface area contributed by atoms with Crippen molar-refractivity contribution in [2.24, 2.45) is 17.6 Å². The molecule has 0 amide bonds. The molecule has 1 aliphatic rings. The first-order chi connectivity index (χ1) is 9.26. The quantitative estimate of drug-likeness (QED) is 0.821. The average Bonchev–Trinajstić information content (AvgIpc) is 2.47. The molecule has 1 saturated carbocycles. The van der Waals surface area contributed by atoms with Crippen LogP contribution in [-0.4, -0.2) is 12.3 Å². The lowest BCUT2D eigenvalue weighted by molar-refractivity contribution is 0.0820.